The predicted molar refractivity (Wildman–Crippen MR) is 70.6 cm³/mol. The van der Waals surface area contributed by atoms with Gasteiger partial charge in [0.05, 0.1) is 11.5 Å². The number of nitro groups is 1. The molecule has 2 aromatic rings. The van der Waals surface area contributed by atoms with Crippen LogP contribution in [0.5, 0.6) is 0 Å². The monoisotopic (exact) mass is 259 g/mol. The summed E-state index contributed by atoms with van der Waals surface area (Å²) in [5.41, 5.74) is 1.60. The van der Waals surface area contributed by atoms with Gasteiger partial charge in [-0.15, -0.1) is 0 Å². The zero-order valence-corrected chi connectivity index (χ0v) is 10.1. The lowest BCUT2D eigenvalue weighted by Gasteiger charge is -2.09. The van der Waals surface area contributed by atoms with Crippen LogP contribution in [0, 0.1) is 10.1 Å². The van der Waals surface area contributed by atoms with Crippen molar-refractivity contribution in [1.82, 2.24) is 4.98 Å². The molecule has 0 bridgehead atoms. The van der Waals surface area contributed by atoms with Crippen LogP contribution >= 0.6 is 0 Å². The summed E-state index contributed by atoms with van der Waals surface area (Å²) in [5.74, 6) is 0.222. The number of nitrogens with zero attached hydrogens (tertiary/aromatic N) is 2. The van der Waals surface area contributed by atoms with Gasteiger partial charge in [0.1, 0.15) is 0 Å². The van der Waals surface area contributed by atoms with Crippen LogP contribution in [0.1, 0.15) is 11.1 Å². The standard InChI is InChI=1S/C13H13N3O3/c17-9-11-5-2-1-4-10(11)8-15-13-12(16(18)19)6-3-7-14-13/h1-7,17H,8-9H2,(H,14,15). The van der Waals surface area contributed by atoms with Crippen molar-refractivity contribution < 1.29 is 10.0 Å². The Balaban J connectivity index is 2.17. The van der Waals surface area contributed by atoms with E-state index in [4.69, 9.17) is 0 Å². The normalized spacial score (nSPS) is 10.2. The maximum atomic E-state index is 10.8. The lowest BCUT2D eigenvalue weighted by Crippen LogP contribution is -2.06. The van der Waals surface area contributed by atoms with Crippen LogP contribution in [-0.4, -0.2) is 15.0 Å². The second-order valence-corrected chi connectivity index (χ2v) is 3.91. The molecule has 0 saturated carbocycles. The summed E-state index contributed by atoms with van der Waals surface area (Å²) in [4.78, 5) is 14.3. The molecule has 1 heterocycles. The molecule has 0 saturated heterocycles. The fourth-order valence-electron chi connectivity index (χ4n) is 1.74. The van der Waals surface area contributed by atoms with E-state index in [-0.39, 0.29) is 18.1 Å². The molecule has 19 heavy (non-hydrogen) atoms. The van der Waals surface area contributed by atoms with Gasteiger partial charge in [-0.2, -0.15) is 0 Å². The van der Waals surface area contributed by atoms with Crippen molar-refractivity contribution in [1.29, 1.82) is 0 Å². The van der Waals surface area contributed by atoms with Crippen LogP contribution in [-0.2, 0) is 13.2 Å². The average Bonchev–Trinajstić information content (AvgIpc) is 2.45. The summed E-state index contributed by atoms with van der Waals surface area (Å²) in [6, 6.07) is 10.3. The van der Waals surface area contributed by atoms with Crippen LogP contribution in [0.15, 0.2) is 42.6 Å². The number of hydrogen-bond donors (Lipinski definition) is 2. The molecule has 6 nitrogen and oxygen atoms in total. The molecule has 98 valence electrons. The first-order valence-electron chi connectivity index (χ1n) is 5.73. The fraction of sp³-hybridized carbons (Fsp3) is 0.154. The van der Waals surface area contributed by atoms with Gasteiger partial charge in [0.2, 0.25) is 5.82 Å². The zero-order valence-electron chi connectivity index (χ0n) is 10.1. The summed E-state index contributed by atoms with van der Waals surface area (Å²) in [7, 11) is 0. The van der Waals surface area contributed by atoms with Crippen molar-refractivity contribution in [2.24, 2.45) is 0 Å². The van der Waals surface area contributed by atoms with E-state index in [0.717, 1.165) is 11.1 Å². The number of nitrogens with one attached hydrogen (secondary N) is 1. The van der Waals surface area contributed by atoms with Crippen molar-refractivity contribution in [2.75, 3.05) is 5.32 Å². The van der Waals surface area contributed by atoms with E-state index in [1.165, 1.54) is 18.3 Å². The maximum Gasteiger partial charge on any atom is 0.311 e. The molecule has 2 N–H and O–H groups in total. The summed E-state index contributed by atoms with van der Waals surface area (Å²) in [5, 5.41) is 23.0. The van der Waals surface area contributed by atoms with Crippen molar-refractivity contribution in [2.45, 2.75) is 13.2 Å². The van der Waals surface area contributed by atoms with Gasteiger partial charge in [0.15, 0.2) is 0 Å². The highest BCUT2D eigenvalue weighted by Crippen LogP contribution is 2.21. The van der Waals surface area contributed by atoms with Gasteiger partial charge in [0, 0.05) is 18.8 Å². The summed E-state index contributed by atoms with van der Waals surface area (Å²) in [6.07, 6.45) is 1.49. The lowest BCUT2D eigenvalue weighted by molar-refractivity contribution is -0.384. The number of aliphatic hydroxyl groups is 1. The zero-order chi connectivity index (χ0) is 13.7. The average molecular weight is 259 g/mol. The van der Waals surface area contributed by atoms with Gasteiger partial charge in [0.25, 0.3) is 0 Å². The Morgan fingerprint density at radius 3 is 2.63 bits per heavy atom. The van der Waals surface area contributed by atoms with Crippen LogP contribution in [0.2, 0.25) is 0 Å². The Bertz CT molecular complexity index is 587. The predicted octanol–water partition coefficient (Wildman–Crippen LogP) is 2.09. The molecule has 0 aliphatic carbocycles. The number of aromatic nitrogens is 1. The minimum Gasteiger partial charge on any atom is -0.392 e. The number of aliphatic hydroxyl groups excluding tert-OH is 1. The van der Waals surface area contributed by atoms with Gasteiger partial charge in [-0.1, -0.05) is 24.3 Å². The fourth-order valence-corrected chi connectivity index (χ4v) is 1.74. The topological polar surface area (TPSA) is 88.3 Å². The molecule has 0 fully saturated rings. The van der Waals surface area contributed by atoms with Gasteiger partial charge in [-0.05, 0) is 17.2 Å². The highest BCUT2D eigenvalue weighted by Gasteiger charge is 2.13. The van der Waals surface area contributed by atoms with E-state index in [0.29, 0.717) is 6.54 Å². The Morgan fingerprint density at radius 2 is 1.95 bits per heavy atom. The van der Waals surface area contributed by atoms with E-state index < -0.39 is 4.92 Å². The van der Waals surface area contributed by atoms with Crippen molar-refractivity contribution in [3.63, 3.8) is 0 Å². The van der Waals surface area contributed by atoms with Gasteiger partial charge >= 0.3 is 5.69 Å². The minimum absolute atomic E-state index is 0.0658. The van der Waals surface area contributed by atoms with Crippen LogP contribution in [0.3, 0.4) is 0 Å². The molecule has 0 atom stereocenters. The van der Waals surface area contributed by atoms with Crippen molar-refractivity contribution >= 4 is 11.5 Å². The molecule has 0 aliphatic rings. The molecular weight excluding hydrogens is 246 g/mol. The van der Waals surface area contributed by atoms with Crippen molar-refractivity contribution in [3.8, 4) is 0 Å². The van der Waals surface area contributed by atoms with Gasteiger partial charge in [-0.3, -0.25) is 10.1 Å². The lowest BCUT2D eigenvalue weighted by atomic mass is 10.1. The molecule has 0 amide bonds. The van der Waals surface area contributed by atoms with Gasteiger partial charge in [-0.25, -0.2) is 4.98 Å². The molecule has 0 spiro atoms. The molecule has 0 radical (unpaired) electrons. The number of benzene rings is 1. The third-order valence-electron chi connectivity index (χ3n) is 2.72. The van der Waals surface area contributed by atoms with E-state index in [1.807, 2.05) is 24.3 Å². The first-order valence-corrected chi connectivity index (χ1v) is 5.73. The molecular formula is C13H13N3O3. The maximum absolute atomic E-state index is 10.8. The summed E-state index contributed by atoms with van der Waals surface area (Å²) >= 11 is 0. The number of anilines is 1. The highest BCUT2D eigenvalue weighted by molar-refractivity contribution is 5.55. The second-order valence-electron chi connectivity index (χ2n) is 3.91. The second kappa shape index (κ2) is 5.92. The highest BCUT2D eigenvalue weighted by atomic mass is 16.6. The van der Waals surface area contributed by atoms with E-state index >= 15 is 0 Å². The number of hydrogen-bond acceptors (Lipinski definition) is 5. The Hall–Kier alpha value is -2.47. The van der Waals surface area contributed by atoms with Crippen LogP contribution in [0.4, 0.5) is 11.5 Å². The number of rotatable bonds is 5. The third kappa shape index (κ3) is 3.05. The van der Waals surface area contributed by atoms with E-state index in [2.05, 4.69) is 10.3 Å². The van der Waals surface area contributed by atoms with Crippen LogP contribution < -0.4 is 5.32 Å². The Morgan fingerprint density at radius 1 is 1.21 bits per heavy atom. The minimum atomic E-state index is -0.479. The molecule has 0 unspecified atom stereocenters. The van der Waals surface area contributed by atoms with E-state index in [1.54, 1.807) is 0 Å². The quantitative estimate of drug-likeness (QED) is 0.634. The Kier molecular flexibility index (Phi) is 4.04. The summed E-state index contributed by atoms with van der Waals surface area (Å²) in [6.45, 7) is 0.302. The van der Waals surface area contributed by atoms with Crippen LogP contribution in [0.25, 0.3) is 0 Å². The molecule has 0 aliphatic heterocycles. The summed E-state index contributed by atoms with van der Waals surface area (Å²) < 4.78 is 0. The SMILES string of the molecule is O=[N+]([O-])c1cccnc1NCc1ccccc1CO. The Labute approximate surface area is 109 Å². The van der Waals surface area contributed by atoms with Crippen molar-refractivity contribution in [3.05, 3.63) is 63.8 Å². The molecule has 6 heteroatoms. The smallest absolute Gasteiger partial charge is 0.311 e. The third-order valence-corrected chi connectivity index (χ3v) is 2.72. The molecule has 1 aromatic heterocycles. The first-order chi connectivity index (χ1) is 9.22. The molecule has 2 rings (SSSR count). The van der Waals surface area contributed by atoms with E-state index in [9.17, 15) is 15.2 Å². The molecule has 1 aromatic carbocycles. The number of pyridine rings is 1. The largest absolute Gasteiger partial charge is 0.392 e. The first kappa shape index (κ1) is 13.0. The van der Waals surface area contributed by atoms with Gasteiger partial charge < -0.3 is 10.4 Å².